The molecule has 1 heterocycles. The third-order valence-corrected chi connectivity index (χ3v) is 3.13. The van der Waals surface area contributed by atoms with Crippen LogP contribution in [0.3, 0.4) is 0 Å². The standard InChI is InChI=1S/C11H27N5/c1-14(13)5-3-7-16-10-8-15(9-11-16)6-2-4-12/h2-13H2,1H3. The van der Waals surface area contributed by atoms with Crippen LogP contribution in [0.15, 0.2) is 0 Å². The highest BCUT2D eigenvalue weighted by Gasteiger charge is 2.15. The van der Waals surface area contributed by atoms with Crippen molar-refractivity contribution in [3.05, 3.63) is 0 Å². The first kappa shape index (κ1) is 13.9. The quantitative estimate of drug-likeness (QED) is 0.440. The second kappa shape index (κ2) is 7.97. The minimum absolute atomic E-state index is 0.809. The minimum atomic E-state index is 0.809. The number of nitrogens with two attached hydrogens (primary N) is 2. The van der Waals surface area contributed by atoms with Crippen LogP contribution >= 0.6 is 0 Å². The van der Waals surface area contributed by atoms with Crippen molar-refractivity contribution in [2.24, 2.45) is 11.6 Å². The van der Waals surface area contributed by atoms with Crippen molar-refractivity contribution in [2.45, 2.75) is 12.8 Å². The molecule has 0 radical (unpaired) electrons. The molecule has 0 amide bonds. The Labute approximate surface area is 99.3 Å². The summed E-state index contributed by atoms with van der Waals surface area (Å²) in [5, 5.41) is 1.76. The molecule has 1 rings (SSSR count). The Morgan fingerprint density at radius 3 is 1.94 bits per heavy atom. The maximum absolute atomic E-state index is 5.58. The van der Waals surface area contributed by atoms with Gasteiger partial charge in [-0.05, 0) is 32.5 Å². The summed E-state index contributed by atoms with van der Waals surface area (Å²) < 4.78 is 0. The van der Waals surface area contributed by atoms with E-state index in [1.807, 2.05) is 7.05 Å². The van der Waals surface area contributed by atoms with Crippen molar-refractivity contribution < 1.29 is 0 Å². The molecule has 0 saturated carbocycles. The average Bonchev–Trinajstić information content (AvgIpc) is 2.27. The average molecular weight is 229 g/mol. The maximum Gasteiger partial charge on any atom is 0.0137 e. The number of rotatable bonds is 7. The summed E-state index contributed by atoms with van der Waals surface area (Å²) >= 11 is 0. The van der Waals surface area contributed by atoms with E-state index in [-0.39, 0.29) is 0 Å². The van der Waals surface area contributed by atoms with Crippen LogP contribution in [0.4, 0.5) is 0 Å². The molecule has 16 heavy (non-hydrogen) atoms. The molecular formula is C11H27N5. The Balaban J connectivity index is 2.03. The van der Waals surface area contributed by atoms with E-state index in [1.54, 1.807) is 5.01 Å². The molecule has 0 aromatic carbocycles. The molecule has 5 heteroatoms. The van der Waals surface area contributed by atoms with E-state index in [4.69, 9.17) is 11.6 Å². The molecule has 1 aliphatic heterocycles. The van der Waals surface area contributed by atoms with Crippen molar-refractivity contribution >= 4 is 0 Å². The second-order valence-electron chi connectivity index (χ2n) is 4.66. The number of hydrazine groups is 1. The third kappa shape index (κ3) is 5.77. The molecule has 0 aliphatic carbocycles. The Morgan fingerprint density at radius 1 is 1.00 bits per heavy atom. The van der Waals surface area contributed by atoms with Crippen molar-refractivity contribution in [3.8, 4) is 0 Å². The highest BCUT2D eigenvalue weighted by atomic mass is 15.4. The Kier molecular flexibility index (Phi) is 6.91. The fraction of sp³-hybridized carbons (Fsp3) is 1.00. The zero-order valence-corrected chi connectivity index (χ0v) is 10.6. The van der Waals surface area contributed by atoms with Crippen molar-refractivity contribution in [1.82, 2.24) is 14.8 Å². The first-order valence-electron chi connectivity index (χ1n) is 6.33. The maximum atomic E-state index is 5.58. The number of piperazine rings is 1. The zero-order valence-electron chi connectivity index (χ0n) is 10.6. The van der Waals surface area contributed by atoms with E-state index in [0.29, 0.717) is 0 Å². The normalized spacial score (nSPS) is 19.5. The molecule has 0 spiro atoms. The monoisotopic (exact) mass is 229 g/mol. The van der Waals surface area contributed by atoms with Crippen molar-refractivity contribution in [2.75, 3.05) is 59.4 Å². The van der Waals surface area contributed by atoms with Gasteiger partial charge in [0.15, 0.2) is 0 Å². The second-order valence-corrected chi connectivity index (χ2v) is 4.66. The summed E-state index contributed by atoms with van der Waals surface area (Å²) in [5.74, 6) is 5.58. The topological polar surface area (TPSA) is 61.8 Å². The van der Waals surface area contributed by atoms with Gasteiger partial charge in [-0.25, -0.2) is 0 Å². The molecular weight excluding hydrogens is 202 g/mol. The van der Waals surface area contributed by atoms with Gasteiger partial charge in [0.1, 0.15) is 0 Å². The highest BCUT2D eigenvalue weighted by Crippen LogP contribution is 2.02. The summed E-state index contributed by atoms with van der Waals surface area (Å²) in [6.07, 6.45) is 2.29. The summed E-state index contributed by atoms with van der Waals surface area (Å²) in [6.45, 7) is 8.90. The molecule has 5 nitrogen and oxygen atoms in total. The Morgan fingerprint density at radius 2 is 1.50 bits per heavy atom. The molecule has 1 saturated heterocycles. The van der Waals surface area contributed by atoms with Gasteiger partial charge in [0.2, 0.25) is 0 Å². The van der Waals surface area contributed by atoms with Gasteiger partial charge < -0.3 is 15.5 Å². The fourth-order valence-corrected chi connectivity index (χ4v) is 2.10. The Hall–Kier alpha value is -0.200. The molecule has 96 valence electrons. The Bertz CT molecular complexity index is 166. The first-order valence-corrected chi connectivity index (χ1v) is 6.33. The van der Waals surface area contributed by atoms with Gasteiger partial charge in [-0.3, -0.25) is 10.9 Å². The van der Waals surface area contributed by atoms with Gasteiger partial charge in [0.05, 0.1) is 0 Å². The van der Waals surface area contributed by atoms with E-state index in [0.717, 1.165) is 32.5 Å². The van der Waals surface area contributed by atoms with Crippen LogP contribution in [0, 0.1) is 0 Å². The molecule has 1 aliphatic rings. The third-order valence-electron chi connectivity index (χ3n) is 3.13. The van der Waals surface area contributed by atoms with Gasteiger partial charge in [-0.15, -0.1) is 0 Å². The molecule has 0 aromatic heterocycles. The highest BCUT2D eigenvalue weighted by molar-refractivity contribution is 4.71. The van der Waals surface area contributed by atoms with Crippen molar-refractivity contribution in [3.63, 3.8) is 0 Å². The first-order chi connectivity index (χ1) is 7.72. The molecule has 0 unspecified atom stereocenters. The van der Waals surface area contributed by atoms with Crippen molar-refractivity contribution in [1.29, 1.82) is 0 Å². The van der Waals surface area contributed by atoms with E-state index >= 15 is 0 Å². The lowest BCUT2D eigenvalue weighted by Gasteiger charge is -2.34. The summed E-state index contributed by atoms with van der Waals surface area (Å²) in [4.78, 5) is 5.04. The predicted octanol–water partition coefficient (Wildman–Crippen LogP) is -0.852. The number of hydrogen-bond donors (Lipinski definition) is 2. The molecule has 4 N–H and O–H groups in total. The van der Waals surface area contributed by atoms with Crippen LogP contribution < -0.4 is 11.6 Å². The van der Waals surface area contributed by atoms with Gasteiger partial charge in [-0.1, -0.05) is 0 Å². The molecule has 0 aromatic rings. The van der Waals surface area contributed by atoms with Gasteiger partial charge in [-0.2, -0.15) is 0 Å². The predicted molar refractivity (Wildman–Crippen MR) is 68.0 cm³/mol. The SMILES string of the molecule is CN(N)CCCN1CCN(CCCN)CC1. The summed E-state index contributed by atoms with van der Waals surface area (Å²) in [7, 11) is 1.92. The van der Waals surface area contributed by atoms with Crippen LogP contribution in [0.25, 0.3) is 0 Å². The van der Waals surface area contributed by atoms with Crippen LogP contribution in [-0.4, -0.2) is 74.2 Å². The van der Waals surface area contributed by atoms with E-state index in [2.05, 4.69) is 9.80 Å². The molecule has 0 bridgehead atoms. The lowest BCUT2D eigenvalue weighted by molar-refractivity contribution is 0.127. The van der Waals surface area contributed by atoms with E-state index in [9.17, 15) is 0 Å². The van der Waals surface area contributed by atoms with Crippen LogP contribution in [0.5, 0.6) is 0 Å². The van der Waals surface area contributed by atoms with Crippen LogP contribution in [-0.2, 0) is 0 Å². The summed E-state index contributed by atoms with van der Waals surface area (Å²) in [5.41, 5.74) is 5.51. The fourth-order valence-electron chi connectivity index (χ4n) is 2.10. The zero-order chi connectivity index (χ0) is 11.8. The number of nitrogens with zero attached hydrogens (tertiary/aromatic N) is 3. The van der Waals surface area contributed by atoms with Gasteiger partial charge in [0.25, 0.3) is 0 Å². The van der Waals surface area contributed by atoms with Crippen LogP contribution in [0.1, 0.15) is 12.8 Å². The lowest BCUT2D eigenvalue weighted by atomic mass is 10.2. The summed E-state index contributed by atoms with van der Waals surface area (Å²) in [6, 6.07) is 0. The van der Waals surface area contributed by atoms with E-state index in [1.165, 1.54) is 32.7 Å². The largest absolute Gasteiger partial charge is 0.330 e. The molecule has 1 fully saturated rings. The van der Waals surface area contributed by atoms with E-state index < -0.39 is 0 Å². The number of hydrogen-bond acceptors (Lipinski definition) is 5. The van der Waals surface area contributed by atoms with Gasteiger partial charge in [0, 0.05) is 39.8 Å². The van der Waals surface area contributed by atoms with Gasteiger partial charge >= 0.3 is 0 Å². The lowest BCUT2D eigenvalue weighted by Crippen LogP contribution is -2.47. The smallest absolute Gasteiger partial charge is 0.0137 e. The molecule has 0 atom stereocenters. The van der Waals surface area contributed by atoms with Crippen LogP contribution in [0.2, 0.25) is 0 Å². The minimum Gasteiger partial charge on any atom is -0.330 e.